The standard InChI is InChI=1S/C20H18N6O3/c1-25-10-13(8-22-25)17-7-12-5-4-6-16(14(12)9-21-17)23-19(27)18-15(20(28)29-3)11-26(2)24-18/h4-11H,1-3H3,(H,23,27). The number of benzene rings is 1. The predicted octanol–water partition coefficient (Wildman–Crippen LogP) is 2.41. The fourth-order valence-electron chi connectivity index (χ4n) is 3.09. The number of nitrogens with zero attached hydrogens (tertiary/aromatic N) is 5. The number of nitrogens with one attached hydrogen (secondary N) is 1. The number of aromatic nitrogens is 5. The molecule has 9 heteroatoms. The van der Waals surface area contributed by atoms with Gasteiger partial charge in [0, 0.05) is 43.6 Å². The average molecular weight is 390 g/mol. The van der Waals surface area contributed by atoms with Gasteiger partial charge in [-0.25, -0.2) is 4.79 Å². The summed E-state index contributed by atoms with van der Waals surface area (Å²) in [5.41, 5.74) is 2.35. The third-order valence-corrected chi connectivity index (χ3v) is 4.46. The van der Waals surface area contributed by atoms with Crippen molar-refractivity contribution in [2.75, 3.05) is 12.4 Å². The van der Waals surface area contributed by atoms with Gasteiger partial charge in [-0.3, -0.25) is 19.1 Å². The van der Waals surface area contributed by atoms with E-state index in [2.05, 4.69) is 20.5 Å². The summed E-state index contributed by atoms with van der Waals surface area (Å²) in [6.07, 6.45) is 6.78. The van der Waals surface area contributed by atoms with Gasteiger partial charge in [0.2, 0.25) is 0 Å². The van der Waals surface area contributed by atoms with Crippen LogP contribution in [0.2, 0.25) is 0 Å². The van der Waals surface area contributed by atoms with Gasteiger partial charge in [-0.2, -0.15) is 10.2 Å². The monoisotopic (exact) mass is 390 g/mol. The molecule has 0 fully saturated rings. The summed E-state index contributed by atoms with van der Waals surface area (Å²) in [7, 11) is 4.73. The minimum atomic E-state index is -0.621. The molecule has 0 saturated carbocycles. The Hall–Kier alpha value is -4.01. The Bertz CT molecular complexity index is 1240. The summed E-state index contributed by atoms with van der Waals surface area (Å²) >= 11 is 0. The molecule has 4 aromatic rings. The molecule has 3 aromatic heterocycles. The van der Waals surface area contributed by atoms with Crippen LogP contribution in [0.1, 0.15) is 20.8 Å². The molecular formula is C20H18N6O3. The van der Waals surface area contributed by atoms with E-state index in [1.54, 1.807) is 30.2 Å². The van der Waals surface area contributed by atoms with Crippen LogP contribution in [0, 0.1) is 0 Å². The van der Waals surface area contributed by atoms with E-state index in [0.29, 0.717) is 5.69 Å². The molecular weight excluding hydrogens is 372 g/mol. The maximum absolute atomic E-state index is 12.8. The number of hydrogen-bond donors (Lipinski definition) is 1. The van der Waals surface area contributed by atoms with Crippen LogP contribution in [0.3, 0.4) is 0 Å². The zero-order valence-electron chi connectivity index (χ0n) is 16.1. The van der Waals surface area contributed by atoms with Gasteiger partial charge in [0.05, 0.1) is 24.7 Å². The summed E-state index contributed by atoms with van der Waals surface area (Å²) in [5, 5.41) is 12.8. The Morgan fingerprint density at radius 3 is 2.66 bits per heavy atom. The zero-order chi connectivity index (χ0) is 20.5. The van der Waals surface area contributed by atoms with Crippen molar-refractivity contribution in [3.8, 4) is 11.3 Å². The van der Waals surface area contributed by atoms with Crippen LogP contribution >= 0.6 is 0 Å². The number of carbonyl (C=O) groups excluding carboxylic acids is 2. The van der Waals surface area contributed by atoms with Crippen LogP contribution in [0.15, 0.2) is 49.1 Å². The lowest BCUT2D eigenvalue weighted by Crippen LogP contribution is -2.17. The molecule has 0 aliphatic rings. The van der Waals surface area contributed by atoms with Crippen LogP contribution in [-0.4, -0.2) is 43.5 Å². The quantitative estimate of drug-likeness (QED) is 0.537. The topological polar surface area (TPSA) is 104 Å². The second kappa shape index (κ2) is 7.19. The van der Waals surface area contributed by atoms with Crippen molar-refractivity contribution in [3.63, 3.8) is 0 Å². The Morgan fingerprint density at radius 1 is 1.10 bits per heavy atom. The Labute approximate surface area is 165 Å². The van der Waals surface area contributed by atoms with Crippen LogP contribution < -0.4 is 5.32 Å². The minimum absolute atomic E-state index is 0.00343. The number of anilines is 1. The summed E-state index contributed by atoms with van der Waals surface area (Å²) in [6, 6.07) is 7.48. The summed E-state index contributed by atoms with van der Waals surface area (Å²) in [5.74, 6) is -1.13. The molecule has 0 atom stereocenters. The maximum atomic E-state index is 12.8. The molecule has 0 radical (unpaired) electrons. The third-order valence-electron chi connectivity index (χ3n) is 4.46. The highest BCUT2D eigenvalue weighted by Gasteiger charge is 2.22. The van der Waals surface area contributed by atoms with Gasteiger partial charge in [-0.1, -0.05) is 12.1 Å². The van der Waals surface area contributed by atoms with Gasteiger partial charge in [0.15, 0.2) is 5.69 Å². The van der Waals surface area contributed by atoms with Crippen LogP contribution in [0.5, 0.6) is 0 Å². The molecule has 3 heterocycles. The molecule has 1 amide bonds. The van der Waals surface area contributed by atoms with Gasteiger partial charge in [0.25, 0.3) is 5.91 Å². The number of ether oxygens (including phenoxy) is 1. The lowest BCUT2D eigenvalue weighted by Gasteiger charge is -2.09. The Balaban J connectivity index is 1.68. The molecule has 0 saturated heterocycles. The average Bonchev–Trinajstić information content (AvgIpc) is 3.33. The second-order valence-electron chi connectivity index (χ2n) is 6.51. The molecule has 1 aromatic carbocycles. The number of carbonyl (C=O) groups is 2. The van der Waals surface area contributed by atoms with Crippen molar-refractivity contribution in [3.05, 3.63) is 60.3 Å². The summed E-state index contributed by atoms with van der Waals surface area (Å²) < 4.78 is 7.84. The molecule has 4 rings (SSSR count). The van der Waals surface area contributed by atoms with Crippen LogP contribution in [0.25, 0.3) is 22.0 Å². The number of aryl methyl sites for hydroxylation is 2. The fourth-order valence-corrected chi connectivity index (χ4v) is 3.09. The number of fused-ring (bicyclic) bond motifs is 1. The van der Waals surface area contributed by atoms with E-state index in [1.807, 2.05) is 31.4 Å². The molecule has 9 nitrogen and oxygen atoms in total. The summed E-state index contributed by atoms with van der Waals surface area (Å²) in [4.78, 5) is 29.2. The van der Waals surface area contributed by atoms with E-state index < -0.39 is 11.9 Å². The van der Waals surface area contributed by atoms with E-state index >= 15 is 0 Å². The van der Waals surface area contributed by atoms with Crippen molar-refractivity contribution in [2.45, 2.75) is 0 Å². The van der Waals surface area contributed by atoms with Gasteiger partial charge >= 0.3 is 5.97 Å². The summed E-state index contributed by atoms with van der Waals surface area (Å²) in [6.45, 7) is 0. The zero-order valence-corrected chi connectivity index (χ0v) is 16.1. The number of methoxy groups -OCH3 is 1. The van der Waals surface area contributed by atoms with Gasteiger partial charge in [0.1, 0.15) is 5.56 Å². The van der Waals surface area contributed by atoms with Gasteiger partial charge in [-0.15, -0.1) is 0 Å². The molecule has 0 bridgehead atoms. The van der Waals surface area contributed by atoms with Crippen molar-refractivity contribution < 1.29 is 14.3 Å². The van der Waals surface area contributed by atoms with Crippen molar-refractivity contribution in [1.29, 1.82) is 0 Å². The van der Waals surface area contributed by atoms with Gasteiger partial charge in [-0.05, 0) is 17.5 Å². The smallest absolute Gasteiger partial charge is 0.341 e. The normalized spacial score (nSPS) is 10.9. The molecule has 1 N–H and O–H groups in total. The maximum Gasteiger partial charge on any atom is 0.341 e. The highest BCUT2D eigenvalue weighted by Crippen LogP contribution is 2.27. The molecule has 0 aliphatic heterocycles. The van der Waals surface area contributed by atoms with Crippen LogP contribution in [0.4, 0.5) is 5.69 Å². The number of esters is 1. The Morgan fingerprint density at radius 2 is 1.93 bits per heavy atom. The van der Waals surface area contributed by atoms with E-state index in [0.717, 1.165) is 22.0 Å². The highest BCUT2D eigenvalue weighted by atomic mass is 16.5. The molecule has 146 valence electrons. The molecule has 0 aliphatic carbocycles. The Kier molecular flexibility index (Phi) is 4.55. The molecule has 29 heavy (non-hydrogen) atoms. The molecule has 0 unspecified atom stereocenters. The van der Waals surface area contributed by atoms with E-state index in [1.165, 1.54) is 18.0 Å². The van der Waals surface area contributed by atoms with Crippen molar-refractivity contribution in [1.82, 2.24) is 24.5 Å². The second-order valence-corrected chi connectivity index (χ2v) is 6.51. The molecule has 0 spiro atoms. The van der Waals surface area contributed by atoms with E-state index in [-0.39, 0.29) is 11.3 Å². The highest BCUT2D eigenvalue weighted by molar-refractivity contribution is 6.12. The third kappa shape index (κ3) is 3.45. The largest absolute Gasteiger partial charge is 0.465 e. The first-order valence-electron chi connectivity index (χ1n) is 8.77. The number of rotatable bonds is 4. The van der Waals surface area contributed by atoms with Crippen molar-refractivity contribution in [2.24, 2.45) is 14.1 Å². The predicted molar refractivity (Wildman–Crippen MR) is 106 cm³/mol. The van der Waals surface area contributed by atoms with Crippen molar-refractivity contribution >= 4 is 28.3 Å². The van der Waals surface area contributed by atoms with Crippen LogP contribution in [-0.2, 0) is 18.8 Å². The number of amides is 1. The van der Waals surface area contributed by atoms with Gasteiger partial charge < -0.3 is 10.1 Å². The fraction of sp³-hybridized carbons (Fsp3) is 0.150. The first-order chi connectivity index (χ1) is 14.0. The lowest BCUT2D eigenvalue weighted by molar-refractivity contribution is 0.0597. The lowest BCUT2D eigenvalue weighted by atomic mass is 10.1. The number of pyridine rings is 1. The number of hydrogen-bond acceptors (Lipinski definition) is 6. The SMILES string of the molecule is COC(=O)c1cn(C)nc1C(=O)Nc1cccc2cc(-c3cnn(C)c3)ncc12. The van der Waals surface area contributed by atoms with E-state index in [4.69, 9.17) is 4.74 Å². The first kappa shape index (κ1) is 18.4. The first-order valence-corrected chi connectivity index (χ1v) is 8.77. The van der Waals surface area contributed by atoms with E-state index in [9.17, 15) is 9.59 Å². The minimum Gasteiger partial charge on any atom is -0.465 e.